The van der Waals surface area contributed by atoms with E-state index in [4.69, 9.17) is 5.73 Å². The summed E-state index contributed by atoms with van der Waals surface area (Å²) >= 11 is 0. The lowest BCUT2D eigenvalue weighted by atomic mass is 9.93. The largest absolute Gasteiger partial charge is 0.369 e. The fraction of sp³-hybridized carbons (Fsp3) is 0.190. The Labute approximate surface area is 156 Å². The Morgan fingerprint density at radius 3 is 2.59 bits per heavy atom. The third kappa shape index (κ3) is 3.80. The fourth-order valence-corrected chi connectivity index (χ4v) is 3.15. The standard InChI is InChI=1S/C21H21N3O3/c1-12-10-14(13(2)24-11-19(22)25)6-7-15(12)20(26)17-4-3-5-18-16(17)8-9-23-21(18)27/h3-10,13,24H,11H2,1-2H3,(H2,22,25)(H,23,27)/t13-/m0/s1. The first-order valence-electron chi connectivity index (χ1n) is 8.66. The van der Waals surface area contributed by atoms with E-state index in [9.17, 15) is 14.4 Å². The number of ketones is 1. The normalized spacial score (nSPS) is 12.1. The lowest BCUT2D eigenvalue weighted by Crippen LogP contribution is -2.30. The van der Waals surface area contributed by atoms with Gasteiger partial charge in [0.05, 0.1) is 6.54 Å². The molecule has 2 aromatic carbocycles. The summed E-state index contributed by atoms with van der Waals surface area (Å²) in [5, 5.41) is 4.16. The quantitative estimate of drug-likeness (QED) is 0.584. The molecule has 0 aliphatic carbocycles. The van der Waals surface area contributed by atoms with Gasteiger partial charge in [0.25, 0.3) is 5.56 Å². The highest BCUT2D eigenvalue weighted by Crippen LogP contribution is 2.23. The van der Waals surface area contributed by atoms with E-state index in [1.807, 2.05) is 26.0 Å². The molecule has 0 radical (unpaired) electrons. The summed E-state index contributed by atoms with van der Waals surface area (Å²) in [6, 6.07) is 12.4. The Morgan fingerprint density at radius 2 is 1.89 bits per heavy atom. The number of fused-ring (bicyclic) bond motifs is 1. The summed E-state index contributed by atoms with van der Waals surface area (Å²) in [7, 11) is 0. The van der Waals surface area contributed by atoms with Crippen LogP contribution in [0, 0.1) is 6.92 Å². The summed E-state index contributed by atoms with van der Waals surface area (Å²) in [4.78, 5) is 38.6. The van der Waals surface area contributed by atoms with Gasteiger partial charge in [-0.3, -0.25) is 14.4 Å². The van der Waals surface area contributed by atoms with Gasteiger partial charge in [-0.2, -0.15) is 0 Å². The molecule has 0 aliphatic heterocycles. The first kappa shape index (κ1) is 18.5. The van der Waals surface area contributed by atoms with Gasteiger partial charge in [0, 0.05) is 28.8 Å². The lowest BCUT2D eigenvalue weighted by molar-refractivity contribution is -0.117. The Balaban J connectivity index is 1.96. The molecule has 3 aromatic rings. The first-order valence-corrected chi connectivity index (χ1v) is 8.66. The minimum absolute atomic E-state index is 0.0727. The maximum absolute atomic E-state index is 13.1. The minimum Gasteiger partial charge on any atom is -0.369 e. The number of nitrogens with one attached hydrogen (secondary N) is 2. The highest BCUT2D eigenvalue weighted by Gasteiger charge is 2.17. The third-order valence-corrected chi connectivity index (χ3v) is 4.64. The maximum atomic E-state index is 13.1. The molecule has 0 aliphatic rings. The molecule has 6 heteroatoms. The van der Waals surface area contributed by atoms with Crippen molar-refractivity contribution in [3.63, 3.8) is 0 Å². The smallest absolute Gasteiger partial charge is 0.255 e. The number of aromatic nitrogens is 1. The van der Waals surface area contributed by atoms with Crippen LogP contribution in [0.25, 0.3) is 10.8 Å². The van der Waals surface area contributed by atoms with Crippen LogP contribution < -0.4 is 16.6 Å². The fourth-order valence-electron chi connectivity index (χ4n) is 3.15. The average molecular weight is 363 g/mol. The number of carbonyl (C=O) groups excluding carboxylic acids is 2. The number of H-pyrrole nitrogens is 1. The number of carbonyl (C=O) groups is 2. The second-order valence-electron chi connectivity index (χ2n) is 6.55. The van der Waals surface area contributed by atoms with E-state index in [-0.39, 0.29) is 23.9 Å². The number of rotatable bonds is 6. The summed E-state index contributed by atoms with van der Waals surface area (Å²) < 4.78 is 0. The van der Waals surface area contributed by atoms with Gasteiger partial charge in [-0.05, 0) is 42.5 Å². The summed E-state index contributed by atoms with van der Waals surface area (Å²) in [6.45, 7) is 3.89. The third-order valence-electron chi connectivity index (χ3n) is 4.64. The van der Waals surface area contributed by atoms with Crippen LogP contribution in [-0.2, 0) is 4.79 Å². The van der Waals surface area contributed by atoms with E-state index >= 15 is 0 Å². The number of pyridine rings is 1. The van der Waals surface area contributed by atoms with Gasteiger partial charge in [0.2, 0.25) is 5.91 Å². The van der Waals surface area contributed by atoms with Gasteiger partial charge in [-0.1, -0.05) is 30.3 Å². The Bertz CT molecular complexity index is 1090. The van der Waals surface area contributed by atoms with Crippen molar-refractivity contribution in [2.24, 2.45) is 5.73 Å². The highest BCUT2D eigenvalue weighted by molar-refractivity contribution is 6.16. The number of hydrogen-bond donors (Lipinski definition) is 3. The molecular formula is C21H21N3O3. The van der Waals surface area contributed by atoms with Crippen LogP contribution in [0.1, 0.15) is 40.0 Å². The summed E-state index contributed by atoms with van der Waals surface area (Å²) in [6.07, 6.45) is 1.55. The van der Waals surface area contributed by atoms with Crippen molar-refractivity contribution in [3.8, 4) is 0 Å². The molecular weight excluding hydrogens is 342 g/mol. The number of aryl methyl sites for hydroxylation is 1. The van der Waals surface area contributed by atoms with Gasteiger partial charge in [-0.15, -0.1) is 0 Å². The number of benzene rings is 2. The second-order valence-corrected chi connectivity index (χ2v) is 6.55. The van der Waals surface area contributed by atoms with Crippen molar-refractivity contribution in [1.29, 1.82) is 0 Å². The van der Waals surface area contributed by atoms with Crippen molar-refractivity contribution >= 4 is 22.5 Å². The van der Waals surface area contributed by atoms with Crippen LogP contribution in [-0.4, -0.2) is 23.2 Å². The molecule has 0 unspecified atom stereocenters. The number of nitrogens with two attached hydrogens (primary N) is 1. The van der Waals surface area contributed by atoms with E-state index in [0.29, 0.717) is 21.9 Å². The molecule has 138 valence electrons. The maximum Gasteiger partial charge on any atom is 0.255 e. The van der Waals surface area contributed by atoms with E-state index in [1.165, 1.54) is 0 Å². The molecule has 1 heterocycles. The predicted molar refractivity (Wildman–Crippen MR) is 105 cm³/mol. The van der Waals surface area contributed by atoms with Crippen LogP contribution in [0.2, 0.25) is 0 Å². The van der Waals surface area contributed by atoms with Crippen molar-refractivity contribution < 1.29 is 9.59 Å². The van der Waals surface area contributed by atoms with E-state index in [2.05, 4.69) is 10.3 Å². The average Bonchev–Trinajstić information content (AvgIpc) is 2.65. The van der Waals surface area contributed by atoms with Crippen molar-refractivity contribution in [1.82, 2.24) is 10.3 Å². The monoisotopic (exact) mass is 363 g/mol. The van der Waals surface area contributed by atoms with Crippen molar-refractivity contribution in [3.05, 3.63) is 81.3 Å². The molecule has 4 N–H and O–H groups in total. The number of aromatic amines is 1. The van der Waals surface area contributed by atoms with Crippen LogP contribution in [0.15, 0.2) is 53.5 Å². The molecule has 3 rings (SSSR count). The van der Waals surface area contributed by atoms with E-state index < -0.39 is 5.91 Å². The topological polar surface area (TPSA) is 105 Å². The SMILES string of the molecule is Cc1cc([C@H](C)NCC(N)=O)ccc1C(=O)c1cccc2c(=O)[nH]ccc12. The zero-order valence-corrected chi connectivity index (χ0v) is 15.2. The molecule has 0 bridgehead atoms. The zero-order valence-electron chi connectivity index (χ0n) is 15.2. The molecule has 1 aromatic heterocycles. The van der Waals surface area contributed by atoms with Gasteiger partial charge in [0.15, 0.2) is 5.78 Å². The van der Waals surface area contributed by atoms with Crippen LogP contribution in [0.3, 0.4) is 0 Å². The molecule has 1 atom stereocenters. The highest BCUT2D eigenvalue weighted by atomic mass is 16.1. The zero-order chi connectivity index (χ0) is 19.6. The Kier molecular flexibility index (Phi) is 5.19. The van der Waals surface area contributed by atoms with Crippen LogP contribution >= 0.6 is 0 Å². The van der Waals surface area contributed by atoms with Crippen LogP contribution in [0.5, 0.6) is 0 Å². The van der Waals surface area contributed by atoms with Gasteiger partial charge < -0.3 is 16.0 Å². The van der Waals surface area contributed by atoms with Crippen molar-refractivity contribution in [2.45, 2.75) is 19.9 Å². The summed E-state index contributed by atoms with van der Waals surface area (Å²) in [5.74, 6) is -0.552. The molecule has 0 saturated carbocycles. The number of primary amides is 1. The van der Waals surface area contributed by atoms with Crippen LogP contribution in [0.4, 0.5) is 0 Å². The summed E-state index contributed by atoms with van der Waals surface area (Å²) in [5.41, 5.74) is 7.80. The lowest BCUT2D eigenvalue weighted by Gasteiger charge is -2.15. The molecule has 0 fully saturated rings. The first-order chi connectivity index (χ1) is 12.9. The van der Waals surface area contributed by atoms with Crippen molar-refractivity contribution in [2.75, 3.05) is 6.54 Å². The predicted octanol–water partition coefficient (Wildman–Crippen LogP) is 2.20. The Morgan fingerprint density at radius 1 is 1.11 bits per heavy atom. The number of amides is 1. The molecule has 1 amide bonds. The Hall–Kier alpha value is -3.25. The molecule has 0 spiro atoms. The van der Waals surface area contributed by atoms with Gasteiger partial charge >= 0.3 is 0 Å². The van der Waals surface area contributed by atoms with E-state index in [1.54, 1.807) is 36.5 Å². The molecule has 0 saturated heterocycles. The van der Waals surface area contributed by atoms with E-state index in [0.717, 1.165) is 11.1 Å². The molecule has 6 nitrogen and oxygen atoms in total. The van der Waals surface area contributed by atoms with Gasteiger partial charge in [-0.25, -0.2) is 0 Å². The molecule has 27 heavy (non-hydrogen) atoms. The number of hydrogen-bond acceptors (Lipinski definition) is 4. The second kappa shape index (κ2) is 7.55. The van der Waals surface area contributed by atoms with Gasteiger partial charge in [0.1, 0.15) is 0 Å². The minimum atomic E-state index is -0.420.